The molecule has 2 amide bonds. The molecule has 1 fully saturated rings. The van der Waals surface area contributed by atoms with Gasteiger partial charge in [0.2, 0.25) is 11.7 Å². The summed E-state index contributed by atoms with van der Waals surface area (Å²) >= 11 is 0. The van der Waals surface area contributed by atoms with E-state index in [1.54, 1.807) is 12.0 Å². The topological polar surface area (TPSA) is 120 Å². The molecule has 0 aromatic heterocycles. The van der Waals surface area contributed by atoms with Crippen molar-refractivity contribution >= 4 is 17.5 Å². The standard InChI is InChI=1S/C32H37N3O7/c1-40-26-15-9-12-24(18-26)21-34(31(36)22-42-27-16-17-28(35(38)39)30(20-27)41-2)29(19-23-10-5-3-6-11-23)32(37)33-25-13-7-4-8-14-25/h3,5-6,9-12,15-18,20,25,29H,4,7-8,13-14,19,21-22H2,1-2H3,(H,33,37)/t29-/m1/s1. The average Bonchev–Trinajstić information content (AvgIpc) is 3.02. The Kier molecular flexibility index (Phi) is 10.7. The van der Waals surface area contributed by atoms with E-state index < -0.39 is 16.9 Å². The highest BCUT2D eigenvalue weighted by Crippen LogP contribution is 2.31. The van der Waals surface area contributed by atoms with Crippen LogP contribution in [0.1, 0.15) is 43.2 Å². The van der Waals surface area contributed by atoms with Crippen LogP contribution in [0.15, 0.2) is 72.8 Å². The van der Waals surface area contributed by atoms with Crippen molar-refractivity contribution in [2.45, 2.75) is 57.2 Å². The first-order valence-corrected chi connectivity index (χ1v) is 14.1. The zero-order valence-corrected chi connectivity index (χ0v) is 24.0. The minimum atomic E-state index is -0.803. The molecular formula is C32H37N3O7. The van der Waals surface area contributed by atoms with E-state index in [0.717, 1.165) is 43.2 Å². The van der Waals surface area contributed by atoms with Crippen molar-refractivity contribution in [3.63, 3.8) is 0 Å². The van der Waals surface area contributed by atoms with E-state index in [1.165, 1.54) is 25.3 Å². The molecule has 10 nitrogen and oxygen atoms in total. The summed E-state index contributed by atoms with van der Waals surface area (Å²) in [5.41, 5.74) is 1.51. The number of carbonyl (C=O) groups is 2. The molecule has 1 aliphatic carbocycles. The third-order valence-electron chi connectivity index (χ3n) is 7.42. The van der Waals surface area contributed by atoms with Gasteiger partial charge in [-0.05, 0) is 42.2 Å². The van der Waals surface area contributed by atoms with Crippen LogP contribution in [-0.4, -0.2) is 54.5 Å². The van der Waals surface area contributed by atoms with E-state index >= 15 is 0 Å². The number of ether oxygens (including phenoxy) is 3. The monoisotopic (exact) mass is 575 g/mol. The summed E-state index contributed by atoms with van der Waals surface area (Å²) < 4.78 is 16.3. The van der Waals surface area contributed by atoms with Gasteiger partial charge in [0.15, 0.2) is 6.61 Å². The summed E-state index contributed by atoms with van der Waals surface area (Å²) in [6.07, 6.45) is 5.43. The maximum atomic E-state index is 13.9. The Labute approximate surface area is 245 Å². The molecule has 1 saturated carbocycles. The Bertz CT molecular complexity index is 1360. The summed E-state index contributed by atoms with van der Waals surface area (Å²) in [7, 11) is 2.90. The largest absolute Gasteiger partial charge is 0.497 e. The number of nitro benzene ring substituents is 1. The number of nitrogens with zero attached hydrogens (tertiary/aromatic N) is 2. The minimum Gasteiger partial charge on any atom is -0.497 e. The molecule has 42 heavy (non-hydrogen) atoms. The number of methoxy groups -OCH3 is 2. The first kappa shape index (κ1) is 30.4. The fraction of sp³-hybridized carbons (Fsp3) is 0.375. The first-order chi connectivity index (χ1) is 20.4. The van der Waals surface area contributed by atoms with Crippen molar-refractivity contribution in [1.29, 1.82) is 0 Å². The molecule has 0 saturated heterocycles. The van der Waals surface area contributed by atoms with Gasteiger partial charge in [0.1, 0.15) is 17.5 Å². The Morgan fingerprint density at radius 2 is 1.67 bits per heavy atom. The second-order valence-corrected chi connectivity index (χ2v) is 10.3. The van der Waals surface area contributed by atoms with Gasteiger partial charge >= 0.3 is 5.69 Å². The van der Waals surface area contributed by atoms with E-state index in [0.29, 0.717) is 12.2 Å². The van der Waals surface area contributed by atoms with Crippen molar-refractivity contribution in [2.75, 3.05) is 20.8 Å². The van der Waals surface area contributed by atoms with Gasteiger partial charge in [-0.25, -0.2) is 0 Å². The van der Waals surface area contributed by atoms with Crippen LogP contribution in [0, 0.1) is 10.1 Å². The highest BCUT2D eigenvalue weighted by atomic mass is 16.6. The molecule has 0 aliphatic heterocycles. The number of nitro groups is 1. The zero-order valence-electron chi connectivity index (χ0n) is 24.0. The summed E-state index contributed by atoms with van der Waals surface area (Å²) in [4.78, 5) is 40.0. The fourth-order valence-electron chi connectivity index (χ4n) is 5.19. The summed E-state index contributed by atoms with van der Waals surface area (Å²) in [5.74, 6) is 0.277. The molecule has 0 bridgehead atoms. The molecule has 222 valence electrons. The van der Waals surface area contributed by atoms with E-state index in [1.807, 2.05) is 54.6 Å². The normalized spacial score (nSPS) is 14.0. The third kappa shape index (κ3) is 8.22. The van der Waals surface area contributed by atoms with E-state index in [4.69, 9.17) is 14.2 Å². The predicted octanol–water partition coefficient (Wildman–Crippen LogP) is 5.08. The van der Waals surface area contributed by atoms with Crippen molar-refractivity contribution in [2.24, 2.45) is 0 Å². The van der Waals surface area contributed by atoms with Crippen LogP contribution >= 0.6 is 0 Å². The van der Waals surface area contributed by atoms with Crippen molar-refractivity contribution in [1.82, 2.24) is 10.2 Å². The van der Waals surface area contributed by atoms with Gasteiger partial charge in [-0.2, -0.15) is 0 Å². The third-order valence-corrected chi connectivity index (χ3v) is 7.42. The van der Waals surface area contributed by atoms with Gasteiger partial charge in [-0.3, -0.25) is 19.7 Å². The van der Waals surface area contributed by atoms with Crippen LogP contribution in [0.3, 0.4) is 0 Å². The van der Waals surface area contributed by atoms with Gasteiger partial charge in [0.05, 0.1) is 19.1 Å². The maximum absolute atomic E-state index is 13.9. The van der Waals surface area contributed by atoms with Crippen LogP contribution < -0.4 is 19.5 Å². The molecular weight excluding hydrogens is 538 g/mol. The second-order valence-electron chi connectivity index (χ2n) is 10.3. The molecule has 10 heteroatoms. The Hall–Kier alpha value is -4.60. The highest BCUT2D eigenvalue weighted by molar-refractivity contribution is 5.88. The Morgan fingerprint density at radius 1 is 0.929 bits per heavy atom. The van der Waals surface area contributed by atoms with Gasteiger partial charge in [0.25, 0.3) is 5.91 Å². The Morgan fingerprint density at radius 3 is 2.36 bits per heavy atom. The van der Waals surface area contributed by atoms with Gasteiger partial charge < -0.3 is 24.4 Å². The minimum absolute atomic E-state index is 0.0204. The van der Waals surface area contributed by atoms with Crippen molar-refractivity contribution in [3.8, 4) is 17.2 Å². The van der Waals surface area contributed by atoms with E-state index in [-0.39, 0.29) is 42.3 Å². The van der Waals surface area contributed by atoms with Crippen LogP contribution in [0.2, 0.25) is 0 Å². The smallest absolute Gasteiger partial charge is 0.311 e. The van der Waals surface area contributed by atoms with Crippen molar-refractivity contribution < 1.29 is 28.7 Å². The van der Waals surface area contributed by atoms with Crippen molar-refractivity contribution in [3.05, 3.63) is 94.0 Å². The zero-order chi connectivity index (χ0) is 29.9. The lowest BCUT2D eigenvalue weighted by Gasteiger charge is -2.33. The lowest BCUT2D eigenvalue weighted by atomic mass is 9.94. The highest BCUT2D eigenvalue weighted by Gasteiger charge is 2.32. The summed E-state index contributed by atoms with van der Waals surface area (Å²) in [6.45, 7) is -0.231. The number of carbonyl (C=O) groups excluding carboxylic acids is 2. The average molecular weight is 576 g/mol. The fourth-order valence-corrected chi connectivity index (χ4v) is 5.19. The number of hydrogen-bond acceptors (Lipinski definition) is 7. The van der Waals surface area contributed by atoms with Crippen LogP contribution in [0.5, 0.6) is 17.2 Å². The predicted molar refractivity (Wildman–Crippen MR) is 158 cm³/mol. The molecule has 0 radical (unpaired) electrons. The van der Waals surface area contributed by atoms with Gasteiger partial charge in [-0.1, -0.05) is 61.7 Å². The van der Waals surface area contributed by atoms with Gasteiger partial charge in [-0.15, -0.1) is 0 Å². The summed E-state index contributed by atoms with van der Waals surface area (Å²) in [6, 6.07) is 20.3. The number of benzene rings is 3. The molecule has 0 heterocycles. The SMILES string of the molecule is COc1cccc(CN(C(=O)COc2ccc([N+](=O)[O-])c(OC)c2)[C@H](Cc2ccccc2)C(=O)NC2CCCCC2)c1. The Balaban J connectivity index is 1.63. The number of rotatable bonds is 13. The molecule has 0 unspecified atom stereocenters. The molecule has 3 aromatic rings. The molecule has 0 spiro atoms. The van der Waals surface area contributed by atoms with Crippen LogP contribution in [-0.2, 0) is 22.6 Å². The number of amides is 2. The first-order valence-electron chi connectivity index (χ1n) is 14.1. The number of hydrogen-bond donors (Lipinski definition) is 1. The molecule has 1 atom stereocenters. The quantitative estimate of drug-likeness (QED) is 0.223. The number of nitrogens with one attached hydrogen (secondary N) is 1. The maximum Gasteiger partial charge on any atom is 0.311 e. The summed E-state index contributed by atoms with van der Waals surface area (Å²) in [5, 5.41) is 14.5. The van der Waals surface area contributed by atoms with Crippen LogP contribution in [0.4, 0.5) is 5.69 Å². The molecule has 1 N–H and O–H groups in total. The molecule has 1 aliphatic rings. The lowest BCUT2D eigenvalue weighted by molar-refractivity contribution is -0.385. The second kappa shape index (κ2) is 14.9. The van der Waals surface area contributed by atoms with Gasteiger partial charge in [0, 0.05) is 31.1 Å². The van der Waals surface area contributed by atoms with E-state index in [2.05, 4.69) is 5.32 Å². The lowest BCUT2D eigenvalue weighted by Crippen LogP contribution is -2.53. The van der Waals surface area contributed by atoms with E-state index in [9.17, 15) is 19.7 Å². The molecule has 4 rings (SSSR count). The van der Waals surface area contributed by atoms with Crippen LogP contribution in [0.25, 0.3) is 0 Å². The molecule has 3 aromatic carbocycles.